The molecule has 0 saturated heterocycles. The Hall–Kier alpha value is -0.610. The molecule has 0 heterocycles. The highest BCUT2D eigenvalue weighted by Gasteiger charge is 2.45. The lowest BCUT2D eigenvalue weighted by atomic mass is 9.86. The summed E-state index contributed by atoms with van der Waals surface area (Å²) in [7, 11) is 0. The Bertz CT molecular complexity index is 348. The lowest BCUT2D eigenvalue weighted by Crippen LogP contribution is -2.53. The Balaban J connectivity index is 6.30. The molecule has 0 aliphatic carbocycles. The molecule has 0 amide bonds. The number of aliphatic hydroxyl groups excluding tert-OH is 1. The number of hydrogen-bond acceptors (Lipinski definition) is 4. The van der Waals surface area contributed by atoms with Crippen molar-refractivity contribution in [1.82, 2.24) is 0 Å². The van der Waals surface area contributed by atoms with Gasteiger partial charge in [-0.05, 0) is 19.7 Å². The largest absolute Gasteiger partial charge is 0.464 e. The average molecular weight is 197 g/mol. The van der Waals surface area contributed by atoms with Crippen LogP contribution in [-0.4, -0.2) is 34.5 Å². The third kappa shape index (κ3) is 2.42. The summed E-state index contributed by atoms with van der Waals surface area (Å²) in [6.07, 6.45) is -2.14. The van der Waals surface area contributed by atoms with E-state index in [1.807, 2.05) is 0 Å². The van der Waals surface area contributed by atoms with Gasteiger partial charge in [0.25, 0.3) is 0 Å². The van der Waals surface area contributed by atoms with Crippen molar-refractivity contribution in [3.8, 4) is 0 Å². The van der Waals surface area contributed by atoms with Crippen molar-refractivity contribution in [2.24, 2.45) is 5.89 Å². The summed E-state index contributed by atoms with van der Waals surface area (Å²) in [6.45, 7) is -5.27. The number of esters is 1. The van der Waals surface area contributed by atoms with Crippen molar-refractivity contribution in [1.29, 1.82) is 0 Å². The molecular weight excluding hydrogens is 172 g/mol. The van der Waals surface area contributed by atoms with Crippen molar-refractivity contribution in [3.63, 3.8) is 0 Å². The summed E-state index contributed by atoms with van der Waals surface area (Å²) < 4.78 is 55.6. The van der Waals surface area contributed by atoms with Crippen LogP contribution in [0.1, 0.15) is 37.1 Å². The minimum Gasteiger partial charge on any atom is -0.464 e. The molecule has 0 aliphatic heterocycles. The van der Waals surface area contributed by atoms with E-state index in [4.69, 9.17) is 9.60 Å². The Morgan fingerprint density at radius 2 is 2.31 bits per heavy atom. The predicted octanol–water partition coefficient (Wildman–Crippen LogP) is 0.317. The molecule has 2 N–H and O–H groups in total. The van der Waals surface area contributed by atoms with E-state index in [9.17, 15) is 15.0 Å². The van der Waals surface area contributed by atoms with Crippen molar-refractivity contribution < 1.29 is 29.3 Å². The number of carbonyl (C=O) groups is 1. The van der Waals surface area contributed by atoms with Crippen LogP contribution in [0.25, 0.3) is 0 Å². The van der Waals surface area contributed by atoms with Crippen LogP contribution in [0.3, 0.4) is 0 Å². The zero-order valence-corrected chi connectivity index (χ0v) is 7.50. The van der Waals surface area contributed by atoms with Crippen molar-refractivity contribution in [2.45, 2.75) is 39.3 Å². The molecule has 4 nitrogen and oxygen atoms in total. The van der Waals surface area contributed by atoms with Crippen molar-refractivity contribution >= 4 is 5.97 Å². The van der Waals surface area contributed by atoms with Gasteiger partial charge in [-0.15, -0.1) is 0 Å². The van der Waals surface area contributed by atoms with E-state index in [0.717, 1.165) is 6.92 Å². The average Bonchev–Trinajstić information content (AvgIpc) is 2.23. The quantitative estimate of drug-likeness (QED) is 0.637. The molecule has 0 unspecified atom stereocenters. The highest BCUT2D eigenvalue weighted by molar-refractivity contribution is 5.80. The molecule has 0 aromatic carbocycles. The van der Waals surface area contributed by atoms with Crippen LogP contribution in [0.15, 0.2) is 0 Å². The van der Waals surface area contributed by atoms with E-state index in [0.29, 0.717) is 0 Å². The van der Waals surface area contributed by atoms with Crippen LogP contribution in [-0.2, 0) is 9.53 Å². The normalized spacial score (nSPS) is 28.8. The third-order valence-corrected chi connectivity index (χ3v) is 1.57. The topological polar surface area (TPSA) is 66.8 Å². The highest BCUT2D eigenvalue weighted by atomic mass is 16.6. The predicted molar refractivity (Wildman–Crippen MR) is 48.1 cm³/mol. The minimum atomic E-state index is -3.65. The maximum Gasteiger partial charge on any atom is 0.341 e. The fourth-order valence-electron chi connectivity index (χ4n) is 0.723. The van der Waals surface area contributed by atoms with Gasteiger partial charge in [0.05, 0.1) is 12.7 Å². The number of ether oxygens (including phenoxy) is 1. The van der Waals surface area contributed by atoms with E-state index < -0.39 is 37.3 Å². The number of aliphatic hydroxyl groups is 2. The Morgan fingerprint density at radius 1 is 1.77 bits per heavy atom. The maximum atomic E-state index is 11.8. The summed E-state index contributed by atoms with van der Waals surface area (Å²) in [4.78, 5) is 11.8. The van der Waals surface area contributed by atoms with Crippen LogP contribution >= 0.6 is 0 Å². The van der Waals surface area contributed by atoms with Gasteiger partial charge in [0.1, 0.15) is 0 Å². The molecule has 0 aromatic rings. The van der Waals surface area contributed by atoms with E-state index >= 15 is 0 Å². The molecule has 78 valence electrons. The van der Waals surface area contributed by atoms with E-state index in [1.165, 1.54) is 6.92 Å². The summed E-state index contributed by atoms with van der Waals surface area (Å²) in [5.41, 5.74) is -3.43. The molecule has 13 heavy (non-hydrogen) atoms. The Morgan fingerprint density at radius 3 is 2.62 bits per heavy atom. The zero-order chi connectivity index (χ0) is 16.6. The maximum absolute atomic E-state index is 11.8. The molecule has 2 atom stereocenters. The third-order valence-electron chi connectivity index (χ3n) is 1.57. The zero-order valence-electron chi connectivity index (χ0n) is 14.5. The Kier molecular flexibility index (Phi) is 1.67. The second kappa shape index (κ2) is 4.58. The van der Waals surface area contributed by atoms with Crippen LogP contribution in [0, 0.1) is 5.89 Å². The molecule has 0 rings (SSSR count). The number of rotatable bonds is 4. The lowest BCUT2D eigenvalue weighted by Gasteiger charge is -2.31. The first-order valence-electron chi connectivity index (χ1n) is 7.25. The number of carbonyl (C=O) groups excluding carboxylic acids is 1. The van der Waals surface area contributed by atoms with Gasteiger partial charge in [0.2, 0.25) is 0 Å². The van der Waals surface area contributed by atoms with Gasteiger partial charge >= 0.3 is 5.97 Å². The van der Waals surface area contributed by atoms with Gasteiger partial charge < -0.3 is 14.9 Å². The Labute approximate surface area is 88.4 Å². The SMILES string of the molecule is [2H]C([2H])([2H])C([2H])(C([2H])([2H])[2H])[C@](O)(C(=O)OCC)[C@@H](C)O. The first-order chi connectivity index (χ1) is 8.67. The highest BCUT2D eigenvalue weighted by Crippen LogP contribution is 2.23. The van der Waals surface area contributed by atoms with E-state index in [2.05, 4.69) is 4.74 Å². The lowest BCUT2D eigenvalue weighted by molar-refractivity contribution is -0.184. The molecular formula is C9H18O4. The molecule has 0 saturated carbocycles. The summed E-state index contributed by atoms with van der Waals surface area (Å²) in [6, 6.07) is 0. The van der Waals surface area contributed by atoms with E-state index in [-0.39, 0.29) is 6.61 Å². The fourth-order valence-corrected chi connectivity index (χ4v) is 0.723. The van der Waals surface area contributed by atoms with Crippen LogP contribution in [0.4, 0.5) is 0 Å². The second-order valence-corrected chi connectivity index (χ2v) is 2.54. The van der Waals surface area contributed by atoms with Crippen LogP contribution < -0.4 is 0 Å². The smallest absolute Gasteiger partial charge is 0.341 e. The molecule has 4 heteroatoms. The van der Waals surface area contributed by atoms with Gasteiger partial charge in [-0.3, -0.25) is 0 Å². The molecule has 0 fully saturated rings. The van der Waals surface area contributed by atoms with Crippen LogP contribution in [0.5, 0.6) is 0 Å². The van der Waals surface area contributed by atoms with Crippen molar-refractivity contribution in [3.05, 3.63) is 0 Å². The second-order valence-electron chi connectivity index (χ2n) is 2.54. The molecule has 0 aromatic heterocycles. The van der Waals surface area contributed by atoms with Gasteiger partial charge in [0, 0.05) is 9.60 Å². The summed E-state index contributed by atoms with van der Waals surface area (Å²) >= 11 is 0. The first kappa shape index (κ1) is 4.75. The fraction of sp³-hybridized carbons (Fsp3) is 0.889. The minimum absolute atomic E-state index is 0.286. The molecule has 0 spiro atoms. The van der Waals surface area contributed by atoms with Gasteiger partial charge in [-0.2, -0.15) is 0 Å². The standard InChI is InChI=1S/C9H18O4/c1-5-13-8(11)9(12,6(2)3)7(4)10/h6-7,10,12H,5H2,1-4H3/t7-,9-/m1/s1/i2D3,3D3,6D. The molecule has 0 aliphatic rings. The van der Waals surface area contributed by atoms with Gasteiger partial charge in [-0.25, -0.2) is 4.79 Å². The molecule has 0 bridgehead atoms. The van der Waals surface area contributed by atoms with Gasteiger partial charge in [-0.1, -0.05) is 13.7 Å². The number of hydrogen-bond donors (Lipinski definition) is 2. The first-order valence-corrected chi connectivity index (χ1v) is 3.75. The monoisotopic (exact) mass is 197 g/mol. The summed E-state index contributed by atoms with van der Waals surface area (Å²) in [5, 5.41) is 19.8. The van der Waals surface area contributed by atoms with Crippen LogP contribution in [0.2, 0.25) is 0 Å². The molecule has 0 radical (unpaired) electrons. The summed E-state index contributed by atoms with van der Waals surface area (Å²) in [5.74, 6) is -5.31. The van der Waals surface area contributed by atoms with E-state index in [1.54, 1.807) is 0 Å². The van der Waals surface area contributed by atoms with Crippen molar-refractivity contribution in [2.75, 3.05) is 6.61 Å². The van der Waals surface area contributed by atoms with Gasteiger partial charge in [0.15, 0.2) is 5.60 Å².